The van der Waals surface area contributed by atoms with E-state index in [1.807, 2.05) is 34.6 Å². The summed E-state index contributed by atoms with van der Waals surface area (Å²) in [6.07, 6.45) is 0. The molecule has 106 valence electrons. The Labute approximate surface area is 110 Å². The zero-order valence-corrected chi connectivity index (χ0v) is 12.1. The lowest BCUT2D eigenvalue weighted by atomic mass is 10.1. The predicted octanol–water partition coefficient (Wildman–Crippen LogP) is 1.19. The van der Waals surface area contributed by atoms with Crippen LogP contribution in [0.3, 0.4) is 0 Å². The van der Waals surface area contributed by atoms with Crippen LogP contribution in [0.15, 0.2) is 0 Å². The van der Waals surface area contributed by atoms with E-state index in [-0.39, 0.29) is 25.0 Å². The third-order valence-electron chi connectivity index (χ3n) is 2.74. The molecule has 0 aliphatic carbocycles. The lowest BCUT2D eigenvalue weighted by molar-refractivity contribution is -0.138. The molecule has 0 spiro atoms. The van der Waals surface area contributed by atoms with Gasteiger partial charge >= 0.3 is 5.97 Å². The normalized spacial score (nSPS) is 13.1. The fourth-order valence-corrected chi connectivity index (χ4v) is 1.56. The second-order valence-corrected chi connectivity index (χ2v) is 5.56. The van der Waals surface area contributed by atoms with Crippen molar-refractivity contribution in [2.75, 3.05) is 19.6 Å². The van der Waals surface area contributed by atoms with Crippen molar-refractivity contribution >= 4 is 11.9 Å². The molecule has 0 radical (unpaired) electrons. The van der Waals surface area contributed by atoms with Crippen LogP contribution in [0.2, 0.25) is 0 Å². The molecule has 0 aromatic carbocycles. The molecule has 0 saturated heterocycles. The summed E-state index contributed by atoms with van der Waals surface area (Å²) in [6, 6.07) is 0.100. The molecule has 0 saturated carbocycles. The molecule has 0 aliphatic rings. The third kappa shape index (κ3) is 8.06. The summed E-state index contributed by atoms with van der Waals surface area (Å²) < 4.78 is 0. The lowest BCUT2D eigenvalue weighted by Gasteiger charge is -2.24. The van der Waals surface area contributed by atoms with E-state index < -0.39 is 5.97 Å². The second-order valence-electron chi connectivity index (χ2n) is 5.56. The number of carboxylic acids is 1. The predicted molar refractivity (Wildman–Crippen MR) is 71.4 cm³/mol. The van der Waals surface area contributed by atoms with Gasteiger partial charge in [-0.25, -0.2) is 0 Å². The Morgan fingerprint density at radius 3 is 2.06 bits per heavy atom. The highest BCUT2D eigenvalue weighted by Crippen LogP contribution is 2.01. The molecular formula is C13H26N2O3. The first-order valence-electron chi connectivity index (χ1n) is 6.45. The quantitative estimate of drug-likeness (QED) is 0.686. The maximum atomic E-state index is 11.8. The Balaban J connectivity index is 4.29. The van der Waals surface area contributed by atoms with Crippen LogP contribution in [0.4, 0.5) is 0 Å². The van der Waals surface area contributed by atoms with Gasteiger partial charge in [0, 0.05) is 12.6 Å². The number of nitrogens with zero attached hydrogens (tertiary/aromatic N) is 1. The van der Waals surface area contributed by atoms with Crippen molar-refractivity contribution in [3.63, 3.8) is 0 Å². The fraction of sp³-hybridized carbons (Fsp3) is 0.846. The van der Waals surface area contributed by atoms with E-state index in [9.17, 15) is 9.59 Å². The van der Waals surface area contributed by atoms with E-state index in [4.69, 9.17) is 5.11 Å². The molecule has 1 unspecified atom stereocenters. The van der Waals surface area contributed by atoms with Gasteiger partial charge in [0.15, 0.2) is 0 Å². The van der Waals surface area contributed by atoms with Crippen molar-refractivity contribution in [3.05, 3.63) is 0 Å². The third-order valence-corrected chi connectivity index (χ3v) is 2.74. The molecule has 0 aromatic rings. The van der Waals surface area contributed by atoms with Crippen molar-refractivity contribution in [3.8, 4) is 0 Å². The Kier molecular flexibility index (Phi) is 7.59. The zero-order chi connectivity index (χ0) is 14.3. The topological polar surface area (TPSA) is 69.6 Å². The number of rotatable bonds is 8. The largest absolute Gasteiger partial charge is 0.480 e. The van der Waals surface area contributed by atoms with E-state index in [2.05, 4.69) is 5.32 Å². The van der Waals surface area contributed by atoms with Gasteiger partial charge in [-0.3, -0.25) is 14.5 Å². The van der Waals surface area contributed by atoms with Gasteiger partial charge in [-0.15, -0.1) is 0 Å². The first kappa shape index (κ1) is 16.9. The summed E-state index contributed by atoms with van der Waals surface area (Å²) >= 11 is 0. The highest BCUT2D eigenvalue weighted by molar-refractivity contribution is 5.79. The molecule has 1 atom stereocenters. The van der Waals surface area contributed by atoms with Crippen molar-refractivity contribution < 1.29 is 14.7 Å². The molecule has 5 nitrogen and oxygen atoms in total. The van der Waals surface area contributed by atoms with E-state index in [1.54, 1.807) is 4.90 Å². The van der Waals surface area contributed by atoms with Crippen LogP contribution < -0.4 is 5.32 Å². The number of aliphatic carboxylic acids is 1. The van der Waals surface area contributed by atoms with Crippen LogP contribution in [0.1, 0.15) is 34.6 Å². The standard InChI is InChI=1S/C13H26N2O3/c1-9(2)6-15(8-13(17)18)7-12(16)14-11(5)10(3)4/h9-11H,6-8H2,1-5H3,(H,14,16)(H,17,18). The lowest BCUT2D eigenvalue weighted by Crippen LogP contribution is -2.45. The van der Waals surface area contributed by atoms with Crippen LogP contribution in [0, 0.1) is 11.8 Å². The number of hydrogen-bond acceptors (Lipinski definition) is 3. The van der Waals surface area contributed by atoms with Crippen LogP contribution in [-0.2, 0) is 9.59 Å². The molecule has 0 heterocycles. The van der Waals surface area contributed by atoms with E-state index in [0.717, 1.165) is 0 Å². The smallest absolute Gasteiger partial charge is 0.317 e. The molecular weight excluding hydrogens is 232 g/mol. The number of amides is 1. The summed E-state index contributed by atoms with van der Waals surface area (Å²) in [4.78, 5) is 24.2. The molecule has 0 bridgehead atoms. The minimum absolute atomic E-state index is 0.0956. The van der Waals surface area contributed by atoms with Gasteiger partial charge in [0.1, 0.15) is 0 Å². The van der Waals surface area contributed by atoms with E-state index in [0.29, 0.717) is 18.4 Å². The second kappa shape index (κ2) is 8.08. The first-order chi connectivity index (χ1) is 8.22. The van der Waals surface area contributed by atoms with Crippen LogP contribution in [-0.4, -0.2) is 47.6 Å². The maximum Gasteiger partial charge on any atom is 0.317 e. The fourth-order valence-electron chi connectivity index (χ4n) is 1.56. The molecule has 0 aliphatic heterocycles. The Morgan fingerprint density at radius 2 is 1.67 bits per heavy atom. The van der Waals surface area contributed by atoms with Crippen LogP contribution in [0.5, 0.6) is 0 Å². The zero-order valence-electron chi connectivity index (χ0n) is 12.1. The number of carboxylic acid groups (broad SMARTS) is 1. The molecule has 18 heavy (non-hydrogen) atoms. The Bertz CT molecular complexity index is 277. The SMILES string of the molecule is CC(C)CN(CC(=O)O)CC(=O)NC(C)C(C)C. The molecule has 0 fully saturated rings. The van der Waals surface area contributed by atoms with Crippen molar-refractivity contribution in [1.29, 1.82) is 0 Å². The van der Waals surface area contributed by atoms with Gasteiger partial charge in [-0.1, -0.05) is 27.7 Å². The van der Waals surface area contributed by atoms with Crippen molar-refractivity contribution in [2.24, 2.45) is 11.8 Å². The first-order valence-corrected chi connectivity index (χ1v) is 6.45. The monoisotopic (exact) mass is 258 g/mol. The summed E-state index contributed by atoms with van der Waals surface area (Å²) in [7, 11) is 0. The van der Waals surface area contributed by atoms with E-state index in [1.165, 1.54) is 0 Å². The van der Waals surface area contributed by atoms with Crippen LogP contribution >= 0.6 is 0 Å². The van der Waals surface area contributed by atoms with Crippen molar-refractivity contribution in [2.45, 2.75) is 40.7 Å². The molecule has 1 amide bonds. The number of nitrogens with one attached hydrogen (secondary N) is 1. The van der Waals surface area contributed by atoms with Crippen LogP contribution in [0.25, 0.3) is 0 Å². The Morgan fingerprint density at radius 1 is 1.11 bits per heavy atom. The number of carbonyl (C=O) groups excluding carboxylic acids is 1. The highest BCUT2D eigenvalue weighted by Gasteiger charge is 2.17. The summed E-state index contributed by atoms with van der Waals surface area (Å²) in [6.45, 7) is 10.7. The number of hydrogen-bond donors (Lipinski definition) is 2. The summed E-state index contributed by atoms with van der Waals surface area (Å²) in [5, 5.41) is 11.7. The maximum absolute atomic E-state index is 11.8. The summed E-state index contributed by atoms with van der Waals surface area (Å²) in [5.74, 6) is -0.315. The van der Waals surface area contributed by atoms with Gasteiger partial charge in [0.05, 0.1) is 13.1 Å². The summed E-state index contributed by atoms with van der Waals surface area (Å²) in [5.41, 5.74) is 0. The molecule has 0 aromatic heterocycles. The van der Waals surface area contributed by atoms with Gasteiger partial charge in [0.2, 0.25) is 5.91 Å². The minimum Gasteiger partial charge on any atom is -0.480 e. The van der Waals surface area contributed by atoms with E-state index >= 15 is 0 Å². The van der Waals surface area contributed by atoms with Crippen molar-refractivity contribution in [1.82, 2.24) is 10.2 Å². The molecule has 5 heteroatoms. The molecule has 2 N–H and O–H groups in total. The minimum atomic E-state index is -0.902. The van der Waals surface area contributed by atoms with Gasteiger partial charge < -0.3 is 10.4 Å². The number of carbonyl (C=O) groups is 2. The van der Waals surface area contributed by atoms with Gasteiger partial charge in [-0.2, -0.15) is 0 Å². The van der Waals surface area contributed by atoms with Gasteiger partial charge in [-0.05, 0) is 18.8 Å². The Hall–Kier alpha value is -1.10. The average molecular weight is 258 g/mol. The average Bonchev–Trinajstić information content (AvgIpc) is 2.14. The van der Waals surface area contributed by atoms with Gasteiger partial charge in [0.25, 0.3) is 0 Å². The highest BCUT2D eigenvalue weighted by atomic mass is 16.4. The molecule has 0 rings (SSSR count).